The van der Waals surface area contributed by atoms with Gasteiger partial charge in [0.1, 0.15) is 11.6 Å². The summed E-state index contributed by atoms with van der Waals surface area (Å²) in [6.45, 7) is 5.00. The minimum atomic E-state index is -0.187. The van der Waals surface area contributed by atoms with E-state index in [4.69, 9.17) is 4.74 Å². The fraction of sp³-hybridized carbons (Fsp3) is 0.350. The molecule has 1 N–H and O–H groups in total. The first-order valence-corrected chi connectivity index (χ1v) is 9.10. The summed E-state index contributed by atoms with van der Waals surface area (Å²) in [5, 5.41) is 0.989. The maximum atomic E-state index is 13.7. The van der Waals surface area contributed by atoms with E-state index in [2.05, 4.69) is 31.9 Å². The summed E-state index contributed by atoms with van der Waals surface area (Å²) in [7, 11) is 0. The van der Waals surface area contributed by atoms with Gasteiger partial charge in [0.2, 0.25) is 0 Å². The molecule has 2 aliphatic heterocycles. The lowest BCUT2D eigenvalue weighted by molar-refractivity contribution is 0.122. The molecule has 0 aliphatic carbocycles. The average Bonchev–Trinajstić information content (AvgIpc) is 3.06. The fourth-order valence-electron chi connectivity index (χ4n) is 3.95. The SMILES string of the molecule is Fc1ccc2[nH]c3c(c2c1)CN(c1ccc(N2CCOCC2)nc1)CC3. The Morgan fingerprint density at radius 3 is 2.73 bits per heavy atom. The van der Waals surface area contributed by atoms with Crippen LogP contribution in [0.4, 0.5) is 15.9 Å². The van der Waals surface area contributed by atoms with E-state index in [0.29, 0.717) is 0 Å². The molecule has 134 valence electrons. The first-order valence-electron chi connectivity index (χ1n) is 9.10. The van der Waals surface area contributed by atoms with Gasteiger partial charge in [0.25, 0.3) is 0 Å². The van der Waals surface area contributed by atoms with E-state index in [1.807, 2.05) is 12.3 Å². The highest BCUT2D eigenvalue weighted by Crippen LogP contribution is 2.31. The molecule has 0 amide bonds. The third-order valence-electron chi connectivity index (χ3n) is 5.37. The summed E-state index contributed by atoms with van der Waals surface area (Å²) in [4.78, 5) is 12.7. The van der Waals surface area contributed by atoms with Crippen molar-refractivity contribution in [2.45, 2.75) is 13.0 Å². The molecular weight excluding hydrogens is 331 g/mol. The summed E-state index contributed by atoms with van der Waals surface area (Å²) in [5.74, 6) is 0.817. The van der Waals surface area contributed by atoms with Crippen molar-refractivity contribution in [2.75, 3.05) is 42.6 Å². The van der Waals surface area contributed by atoms with E-state index in [0.717, 1.165) is 68.2 Å². The number of nitrogens with zero attached hydrogens (tertiary/aromatic N) is 3. The number of ether oxygens (including phenoxy) is 1. The summed E-state index contributed by atoms with van der Waals surface area (Å²) in [5.41, 5.74) is 4.54. The number of hydrogen-bond acceptors (Lipinski definition) is 4. The maximum absolute atomic E-state index is 13.7. The van der Waals surface area contributed by atoms with E-state index < -0.39 is 0 Å². The van der Waals surface area contributed by atoms with E-state index in [-0.39, 0.29) is 5.82 Å². The van der Waals surface area contributed by atoms with E-state index in [1.165, 1.54) is 17.3 Å². The zero-order valence-corrected chi connectivity index (χ0v) is 14.5. The summed E-state index contributed by atoms with van der Waals surface area (Å²) in [6, 6.07) is 9.19. The number of aromatic nitrogens is 2. The first kappa shape index (κ1) is 15.6. The molecule has 2 aromatic heterocycles. The number of aromatic amines is 1. The van der Waals surface area contributed by atoms with E-state index in [1.54, 1.807) is 6.07 Å². The highest BCUT2D eigenvalue weighted by molar-refractivity contribution is 5.85. The lowest BCUT2D eigenvalue weighted by Gasteiger charge is -2.30. The van der Waals surface area contributed by atoms with Crippen LogP contribution in [0.25, 0.3) is 10.9 Å². The average molecular weight is 352 g/mol. The fourth-order valence-corrected chi connectivity index (χ4v) is 3.95. The molecular formula is C20H21FN4O. The molecule has 4 heterocycles. The van der Waals surface area contributed by atoms with Crippen LogP contribution >= 0.6 is 0 Å². The van der Waals surface area contributed by atoms with Crippen molar-refractivity contribution in [3.05, 3.63) is 53.6 Å². The molecule has 1 saturated heterocycles. The summed E-state index contributed by atoms with van der Waals surface area (Å²) < 4.78 is 19.1. The lowest BCUT2D eigenvalue weighted by Crippen LogP contribution is -2.36. The van der Waals surface area contributed by atoms with Crippen molar-refractivity contribution in [3.63, 3.8) is 0 Å². The molecule has 26 heavy (non-hydrogen) atoms. The number of nitrogens with one attached hydrogen (secondary N) is 1. The first-order chi connectivity index (χ1) is 12.8. The Kier molecular flexibility index (Phi) is 3.78. The standard InChI is InChI=1S/C20H21FN4O/c21-14-1-3-18-16(11-14)17-13-25(6-5-19(17)23-18)15-2-4-20(22-12-15)24-7-9-26-10-8-24/h1-4,11-12,23H,5-10,13H2. The Bertz CT molecular complexity index is 931. The Morgan fingerprint density at radius 1 is 1.04 bits per heavy atom. The molecule has 0 atom stereocenters. The van der Waals surface area contributed by atoms with Crippen LogP contribution in [0.5, 0.6) is 0 Å². The van der Waals surface area contributed by atoms with Crippen LogP contribution in [-0.4, -0.2) is 42.8 Å². The Morgan fingerprint density at radius 2 is 1.92 bits per heavy atom. The number of H-pyrrole nitrogens is 1. The van der Waals surface area contributed by atoms with Crippen LogP contribution in [0.15, 0.2) is 36.5 Å². The lowest BCUT2D eigenvalue weighted by atomic mass is 10.0. The second-order valence-corrected chi connectivity index (χ2v) is 6.92. The van der Waals surface area contributed by atoms with Gasteiger partial charge in [-0.3, -0.25) is 0 Å². The minimum Gasteiger partial charge on any atom is -0.378 e. The Labute approximate surface area is 151 Å². The Hall–Kier alpha value is -2.60. The predicted octanol–water partition coefficient (Wildman–Crippen LogP) is 3.10. The number of benzene rings is 1. The molecule has 0 bridgehead atoms. The van der Waals surface area contributed by atoms with Crippen LogP contribution < -0.4 is 9.80 Å². The Balaban J connectivity index is 1.40. The topological polar surface area (TPSA) is 44.4 Å². The molecule has 0 radical (unpaired) electrons. The van der Waals surface area contributed by atoms with Gasteiger partial charge in [-0.1, -0.05) is 0 Å². The third kappa shape index (κ3) is 2.70. The van der Waals surface area contributed by atoms with Crippen molar-refractivity contribution in [1.82, 2.24) is 9.97 Å². The summed E-state index contributed by atoms with van der Waals surface area (Å²) >= 11 is 0. The van der Waals surface area contributed by atoms with Crippen molar-refractivity contribution in [1.29, 1.82) is 0 Å². The molecule has 0 saturated carbocycles. The van der Waals surface area contributed by atoms with Crippen molar-refractivity contribution >= 4 is 22.4 Å². The van der Waals surface area contributed by atoms with Gasteiger partial charge in [-0.15, -0.1) is 0 Å². The highest BCUT2D eigenvalue weighted by Gasteiger charge is 2.22. The smallest absolute Gasteiger partial charge is 0.128 e. The molecule has 5 nitrogen and oxygen atoms in total. The monoisotopic (exact) mass is 352 g/mol. The zero-order valence-electron chi connectivity index (χ0n) is 14.5. The van der Waals surface area contributed by atoms with Gasteiger partial charge in [0, 0.05) is 54.8 Å². The van der Waals surface area contributed by atoms with Gasteiger partial charge < -0.3 is 19.5 Å². The van der Waals surface area contributed by atoms with Crippen LogP contribution in [0.1, 0.15) is 11.3 Å². The van der Waals surface area contributed by atoms with Gasteiger partial charge in [-0.05, 0) is 30.3 Å². The number of hydrogen-bond donors (Lipinski definition) is 1. The number of anilines is 2. The number of pyridine rings is 1. The second-order valence-electron chi connectivity index (χ2n) is 6.92. The van der Waals surface area contributed by atoms with Gasteiger partial charge >= 0.3 is 0 Å². The number of fused-ring (bicyclic) bond motifs is 3. The van der Waals surface area contributed by atoms with Gasteiger partial charge in [-0.25, -0.2) is 9.37 Å². The van der Waals surface area contributed by atoms with E-state index in [9.17, 15) is 4.39 Å². The minimum absolute atomic E-state index is 0.187. The van der Waals surface area contributed by atoms with Crippen LogP contribution in [0.3, 0.4) is 0 Å². The van der Waals surface area contributed by atoms with Crippen molar-refractivity contribution < 1.29 is 9.13 Å². The largest absolute Gasteiger partial charge is 0.378 e. The van der Waals surface area contributed by atoms with Gasteiger partial charge in [0.05, 0.1) is 25.1 Å². The van der Waals surface area contributed by atoms with Crippen molar-refractivity contribution in [2.24, 2.45) is 0 Å². The van der Waals surface area contributed by atoms with Crippen molar-refractivity contribution in [3.8, 4) is 0 Å². The molecule has 2 aliphatic rings. The molecule has 1 fully saturated rings. The zero-order chi connectivity index (χ0) is 17.5. The quantitative estimate of drug-likeness (QED) is 0.770. The van der Waals surface area contributed by atoms with Gasteiger partial charge in [0.15, 0.2) is 0 Å². The van der Waals surface area contributed by atoms with Gasteiger partial charge in [-0.2, -0.15) is 0 Å². The van der Waals surface area contributed by atoms with E-state index >= 15 is 0 Å². The molecule has 0 unspecified atom stereocenters. The second kappa shape index (κ2) is 6.29. The molecule has 6 heteroatoms. The maximum Gasteiger partial charge on any atom is 0.128 e. The predicted molar refractivity (Wildman–Crippen MR) is 100 cm³/mol. The number of halogens is 1. The third-order valence-corrected chi connectivity index (χ3v) is 5.37. The molecule has 0 spiro atoms. The van der Waals surface area contributed by atoms with Crippen LogP contribution in [-0.2, 0) is 17.7 Å². The van der Waals surface area contributed by atoms with Crippen LogP contribution in [0, 0.1) is 5.82 Å². The number of rotatable bonds is 2. The normalized spacial score (nSPS) is 17.6. The highest BCUT2D eigenvalue weighted by atomic mass is 19.1. The number of morpholine rings is 1. The summed E-state index contributed by atoms with van der Waals surface area (Å²) in [6.07, 6.45) is 2.88. The molecule has 3 aromatic rings. The molecule has 1 aromatic carbocycles. The molecule has 5 rings (SSSR count). The van der Waals surface area contributed by atoms with Crippen LogP contribution in [0.2, 0.25) is 0 Å².